The fraction of sp³-hybridized carbons (Fsp3) is 0.722. The lowest BCUT2D eigenvalue weighted by molar-refractivity contribution is 0.0521. The monoisotopic (exact) mass is 323 g/mol. The van der Waals surface area contributed by atoms with Crippen LogP contribution in [0.25, 0.3) is 0 Å². The normalized spacial score (nSPS) is 13.0. The van der Waals surface area contributed by atoms with Crippen molar-refractivity contribution in [2.45, 2.75) is 72.6 Å². The van der Waals surface area contributed by atoms with Crippen LogP contribution >= 0.6 is 0 Å². The molecule has 1 amide bonds. The van der Waals surface area contributed by atoms with Crippen molar-refractivity contribution in [3.05, 3.63) is 23.0 Å². The molecule has 0 aliphatic carbocycles. The standard InChI is InChI=1S/C18H33N3O2/c1-8-9-16(12-20-17(22)23-18(4,5)6)19-11-15-10-13(2)21(7)14(15)3/h10,16,19H,8-9,11-12H2,1-7H3,(H,20,22). The largest absolute Gasteiger partial charge is 0.444 e. The molecule has 1 aromatic rings. The van der Waals surface area contributed by atoms with Crippen molar-refractivity contribution in [2.24, 2.45) is 7.05 Å². The van der Waals surface area contributed by atoms with Crippen molar-refractivity contribution in [3.8, 4) is 0 Å². The number of hydrogen-bond donors (Lipinski definition) is 2. The molecule has 1 atom stereocenters. The molecule has 0 saturated carbocycles. The van der Waals surface area contributed by atoms with Crippen LogP contribution < -0.4 is 10.6 Å². The highest BCUT2D eigenvalue weighted by Gasteiger charge is 2.17. The molecule has 0 fully saturated rings. The summed E-state index contributed by atoms with van der Waals surface area (Å²) in [4.78, 5) is 11.8. The van der Waals surface area contributed by atoms with E-state index in [4.69, 9.17) is 4.74 Å². The number of amides is 1. The summed E-state index contributed by atoms with van der Waals surface area (Å²) < 4.78 is 7.49. The summed E-state index contributed by atoms with van der Waals surface area (Å²) in [5.41, 5.74) is 3.39. The number of nitrogens with zero attached hydrogens (tertiary/aromatic N) is 1. The van der Waals surface area contributed by atoms with E-state index in [0.29, 0.717) is 6.54 Å². The van der Waals surface area contributed by atoms with Crippen LogP contribution in [0.2, 0.25) is 0 Å². The molecule has 1 heterocycles. The highest BCUT2D eigenvalue weighted by atomic mass is 16.6. The molecule has 5 heteroatoms. The maximum Gasteiger partial charge on any atom is 0.407 e. The Bertz CT molecular complexity index is 515. The lowest BCUT2D eigenvalue weighted by Crippen LogP contribution is -2.42. The molecular weight excluding hydrogens is 290 g/mol. The van der Waals surface area contributed by atoms with Crippen LogP contribution in [-0.4, -0.2) is 28.8 Å². The van der Waals surface area contributed by atoms with Gasteiger partial charge in [-0.15, -0.1) is 0 Å². The SMILES string of the molecule is CCCC(CNC(=O)OC(C)(C)C)NCc1cc(C)n(C)c1C. The van der Waals surface area contributed by atoms with Gasteiger partial charge in [0.25, 0.3) is 0 Å². The number of nitrogens with one attached hydrogen (secondary N) is 2. The zero-order chi connectivity index (χ0) is 17.6. The van der Waals surface area contributed by atoms with E-state index in [1.54, 1.807) is 0 Å². The quantitative estimate of drug-likeness (QED) is 0.808. The molecular formula is C18H33N3O2. The summed E-state index contributed by atoms with van der Waals surface area (Å²) >= 11 is 0. The highest BCUT2D eigenvalue weighted by Crippen LogP contribution is 2.13. The Morgan fingerprint density at radius 3 is 2.48 bits per heavy atom. The van der Waals surface area contributed by atoms with Gasteiger partial charge in [0.1, 0.15) is 5.60 Å². The maximum absolute atomic E-state index is 11.8. The second kappa shape index (κ2) is 8.39. The molecule has 1 rings (SSSR count). The van der Waals surface area contributed by atoms with Crippen molar-refractivity contribution in [2.75, 3.05) is 6.54 Å². The van der Waals surface area contributed by atoms with Crippen molar-refractivity contribution >= 4 is 6.09 Å². The van der Waals surface area contributed by atoms with E-state index < -0.39 is 5.60 Å². The predicted octanol–water partition coefficient (Wildman–Crippen LogP) is 3.42. The first-order chi connectivity index (χ1) is 10.6. The van der Waals surface area contributed by atoms with Crippen molar-refractivity contribution in [1.82, 2.24) is 15.2 Å². The van der Waals surface area contributed by atoms with E-state index in [9.17, 15) is 4.79 Å². The molecule has 132 valence electrons. The Hall–Kier alpha value is -1.49. The second-order valence-corrected chi connectivity index (χ2v) is 7.20. The van der Waals surface area contributed by atoms with Gasteiger partial charge in [-0.05, 0) is 52.7 Å². The number of aromatic nitrogens is 1. The fourth-order valence-corrected chi connectivity index (χ4v) is 2.51. The summed E-state index contributed by atoms with van der Waals surface area (Å²) in [5.74, 6) is 0. The summed E-state index contributed by atoms with van der Waals surface area (Å²) in [6.07, 6.45) is 1.73. The number of hydrogen-bond acceptors (Lipinski definition) is 3. The minimum atomic E-state index is -0.462. The van der Waals surface area contributed by atoms with Gasteiger partial charge in [0.15, 0.2) is 0 Å². The number of carbonyl (C=O) groups is 1. The van der Waals surface area contributed by atoms with Gasteiger partial charge in [-0.2, -0.15) is 0 Å². The Labute approximate surface area is 140 Å². The molecule has 0 spiro atoms. The Morgan fingerprint density at radius 2 is 2.00 bits per heavy atom. The van der Waals surface area contributed by atoms with Crippen molar-refractivity contribution in [3.63, 3.8) is 0 Å². The van der Waals surface area contributed by atoms with Gasteiger partial charge in [0.2, 0.25) is 0 Å². The maximum atomic E-state index is 11.8. The lowest BCUT2D eigenvalue weighted by Gasteiger charge is -2.22. The summed E-state index contributed by atoms with van der Waals surface area (Å²) in [6, 6.07) is 2.46. The van der Waals surface area contributed by atoms with Crippen LogP contribution in [0.1, 0.15) is 57.5 Å². The molecule has 1 unspecified atom stereocenters. The van der Waals surface area contributed by atoms with Crippen molar-refractivity contribution in [1.29, 1.82) is 0 Å². The van der Waals surface area contributed by atoms with E-state index in [0.717, 1.165) is 19.4 Å². The molecule has 0 saturated heterocycles. The highest BCUT2D eigenvalue weighted by molar-refractivity contribution is 5.67. The van der Waals surface area contributed by atoms with Gasteiger partial charge in [-0.25, -0.2) is 4.79 Å². The van der Waals surface area contributed by atoms with E-state index in [-0.39, 0.29) is 12.1 Å². The van der Waals surface area contributed by atoms with Gasteiger partial charge >= 0.3 is 6.09 Å². The Kier molecular flexibility index (Phi) is 7.13. The molecule has 1 aromatic heterocycles. The van der Waals surface area contributed by atoms with Gasteiger partial charge in [0, 0.05) is 37.6 Å². The van der Waals surface area contributed by atoms with E-state index in [2.05, 4.69) is 49.1 Å². The van der Waals surface area contributed by atoms with Gasteiger partial charge in [-0.3, -0.25) is 0 Å². The minimum absolute atomic E-state index is 0.243. The van der Waals surface area contributed by atoms with Crippen LogP contribution in [0.4, 0.5) is 4.79 Å². The molecule has 23 heavy (non-hydrogen) atoms. The summed E-state index contributed by atoms with van der Waals surface area (Å²) in [6.45, 7) is 13.4. The molecule has 0 aromatic carbocycles. The van der Waals surface area contributed by atoms with Crippen LogP contribution in [0.15, 0.2) is 6.07 Å². The third kappa shape index (κ3) is 6.65. The van der Waals surface area contributed by atoms with Crippen LogP contribution in [0, 0.1) is 13.8 Å². The number of aryl methyl sites for hydroxylation is 1. The molecule has 0 aliphatic rings. The number of rotatable bonds is 7. The topological polar surface area (TPSA) is 55.3 Å². The number of alkyl carbamates (subject to hydrolysis) is 1. The second-order valence-electron chi connectivity index (χ2n) is 7.20. The van der Waals surface area contributed by atoms with Crippen LogP contribution in [0.5, 0.6) is 0 Å². The van der Waals surface area contributed by atoms with Crippen molar-refractivity contribution < 1.29 is 9.53 Å². The summed E-state index contributed by atoms with van der Waals surface area (Å²) in [7, 11) is 2.09. The van der Waals surface area contributed by atoms with E-state index in [1.165, 1.54) is 17.0 Å². The average Bonchev–Trinajstić information content (AvgIpc) is 2.67. The van der Waals surface area contributed by atoms with Gasteiger partial charge in [0.05, 0.1) is 0 Å². The Balaban J connectivity index is 2.51. The number of carbonyl (C=O) groups excluding carboxylic acids is 1. The lowest BCUT2D eigenvalue weighted by atomic mass is 10.1. The van der Waals surface area contributed by atoms with Gasteiger partial charge in [-0.1, -0.05) is 13.3 Å². The van der Waals surface area contributed by atoms with Gasteiger partial charge < -0.3 is 19.9 Å². The third-order valence-electron chi connectivity index (χ3n) is 3.99. The minimum Gasteiger partial charge on any atom is -0.444 e. The number of ether oxygens (including phenoxy) is 1. The first-order valence-corrected chi connectivity index (χ1v) is 8.46. The zero-order valence-corrected chi connectivity index (χ0v) is 15.7. The first kappa shape index (κ1) is 19.6. The van der Waals surface area contributed by atoms with E-state index in [1.807, 2.05) is 20.8 Å². The molecule has 2 N–H and O–H groups in total. The zero-order valence-electron chi connectivity index (χ0n) is 15.7. The van der Waals surface area contributed by atoms with E-state index >= 15 is 0 Å². The van der Waals surface area contributed by atoms with Crippen LogP contribution in [0.3, 0.4) is 0 Å². The third-order valence-corrected chi connectivity index (χ3v) is 3.99. The summed E-state index contributed by atoms with van der Waals surface area (Å²) in [5, 5.41) is 6.42. The molecule has 0 radical (unpaired) electrons. The first-order valence-electron chi connectivity index (χ1n) is 8.46. The smallest absolute Gasteiger partial charge is 0.407 e. The average molecular weight is 323 g/mol. The molecule has 0 bridgehead atoms. The Morgan fingerprint density at radius 1 is 1.35 bits per heavy atom. The molecule has 5 nitrogen and oxygen atoms in total. The molecule has 0 aliphatic heterocycles. The predicted molar refractivity (Wildman–Crippen MR) is 94.7 cm³/mol. The van der Waals surface area contributed by atoms with Crippen LogP contribution in [-0.2, 0) is 18.3 Å². The fourth-order valence-electron chi connectivity index (χ4n) is 2.51.